The molecule has 1 aromatic rings. The zero-order valence-corrected chi connectivity index (χ0v) is 11.9. The minimum atomic E-state index is -0.400. The Hall–Kier alpha value is -1.85. The van der Waals surface area contributed by atoms with Crippen molar-refractivity contribution < 1.29 is 14.3 Å². The zero-order valence-electron chi connectivity index (χ0n) is 11.9. The molecule has 0 aliphatic carbocycles. The molecular weight excluding hydrogens is 246 g/mol. The summed E-state index contributed by atoms with van der Waals surface area (Å²) in [5.74, 6) is -0.451. The average Bonchev–Trinajstić information content (AvgIpc) is 2.78. The van der Waals surface area contributed by atoms with E-state index in [0.29, 0.717) is 12.8 Å². The number of hydrogen-bond donors (Lipinski definition) is 0. The second kappa shape index (κ2) is 6.92. The van der Waals surface area contributed by atoms with Gasteiger partial charge in [0.25, 0.3) is 0 Å². The third-order valence-corrected chi connectivity index (χ3v) is 2.86. The molecule has 0 aliphatic rings. The first-order chi connectivity index (χ1) is 8.93. The highest BCUT2D eigenvalue weighted by Crippen LogP contribution is 2.07. The Balaban J connectivity index is 2.54. The molecule has 0 atom stereocenters. The van der Waals surface area contributed by atoms with Gasteiger partial charge in [-0.3, -0.25) is 14.3 Å². The van der Waals surface area contributed by atoms with Crippen LogP contribution in [0.1, 0.15) is 25.8 Å². The minimum absolute atomic E-state index is 0.0000394. The van der Waals surface area contributed by atoms with Crippen LogP contribution in [0.5, 0.6) is 0 Å². The number of carbonyl (C=O) groups is 2. The van der Waals surface area contributed by atoms with Crippen LogP contribution in [0.25, 0.3) is 0 Å². The lowest BCUT2D eigenvalue weighted by molar-refractivity contribution is -0.148. The summed E-state index contributed by atoms with van der Waals surface area (Å²) in [4.78, 5) is 24.9. The summed E-state index contributed by atoms with van der Waals surface area (Å²) in [7, 11) is 3.16. The maximum absolute atomic E-state index is 12.1. The number of amides is 1. The van der Waals surface area contributed by atoms with Gasteiger partial charge in [-0.05, 0) is 25.8 Å². The standard InChI is InChI=1S/C13H21N3O3/c1-10(2)16(9-13(18)19-4)12(17)6-5-11-7-14-15(3)8-11/h7-8,10H,5-6,9H2,1-4H3. The number of methoxy groups -OCH3 is 1. The molecule has 106 valence electrons. The lowest BCUT2D eigenvalue weighted by Crippen LogP contribution is -2.41. The Morgan fingerprint density at radius 1 is 1.47 bits per heavy atom. The van der Waals surface area contributed by atoms with Gasteiger partial charge in [-0.1, -0.05) is 0 Å². The Kier molecular flexibility index (Phi) is 5.54. The number of aromatic nitrogens is 2. The van der Waals surface area contributed by atoms with Crippen LogP contribution in [0.3, 0.4) is 0 Å². The van der Waals surface area contributed by atoms with Gasteiger partial charge in [-0.2, -0.15) is 5.10 Å². The Morgan fingerprint density at radius 3 is 2.63 bits per heavy atom. The monoisotopic (exact) mass is 267 g/mol. The second-order valence-electron chi connectivity index (χ2n) is 4.71. The van der Waals surface area contributed by atoms with Crippen LogP contribution in [0, 0.1) is 0 Å². The van der Waals surface area contributed by atoms with E-state index in [4.69, 9.17) is 0 Å². The van der Waals surface area contributed by atoms with Crippen molar-refractivity contribution in [3.05, 3.63) is 18.0 Å². The van der Waals surface area contributed by atoms with E-state index in [1.807, 2.05) is 27.1 Å². The third kappa shape index (κ3) is 4.73. The molecule has 0 bridgehead atoms. The van der Waals surface area contributed by atoms with Crippen LogP contribution in [0.4, 0.5) is 0 Å². The molecular formula is C13H21N3O3. The molecule has 0 saturated heterocycles. The maximum atomic E-state index is 12.1. The Bertz CT molecular complexity index is 440. The minimum Gasteiger partial charge on any atom is -0.468 e. The summed E-state index contributed by atoms with van der Waals surface area (Å²) in [5, 5.41) is 4.05. The summed E-state index contributed by atoms with van der Waals surface area (Å²) in [6, 6.07) is -0.0273. The molecule has 0 aliphatic heterocycles. The Morgan fingerprint density at radius 2 is 2.16 bits per heavy atom. The number of aryl methyl sites for hydroxylation is 2. The van der Waals surface area contributed by atoms with Crippen LogP contribution in [0.15, 0.2) is 12.4 Å². The number of carbonyl (C=O) groups excluding carboxylic acids is 2. The van der Waals surface area contributed by atoms with Gasteiger partial charge in [0, 0.05) is 25.7 Å². The normalized spacial score (nSPS) is 10.6. The SMILES string of the molecule is COC(=O)CN(C(=O)CCc1cnn(C)c1)C(C)C. The molecule has 0 unspecified atom stereocenters. The first kappa shape index (κ1) is 15.2. The molecule has 0 saturated carbocycles. The molecule has 6 heteroatoms. The van der Waals surface area contributed by atoms with E-state index >= 15 is 0 Å². The summed E-state index contributed by atoms with van der Waals surface area (Å²) in [6.07, 6.45) is 4.61. The number of hydrogen-bond acceptors (Lipinski definition) is 4. The molecule has 6 nitrogen and oxygen atoms in total. The highest BCUT2D eigenvalue weighted by Gasteiger charge is 2.20. The highest BCUT2D eigenvalue weighted by atomic mass is 16.5. The third-order valence-electron chi connectivity index (χ3n) is 2.86. The predicted molar refractivity (Wildman–Crippen MR) is 70.4 cm³/mol. The zero-order chi connectivity index (χ0) is 14.4. The lowest BCUT2D eigenvalue weighted by atomic mass is 10.1. The van der Waals surface area contributed by atoms with Crippen LogP contribution < -0.4 is 0 Å². The molecule has 0 spiro atoms. The summed E-state index contributed by atoms with van der Waals surface area (Å²) in [6.45, 7) is 3.76. The first-order valence-electron chi connectivity index (χ1n) is 6.27. The van der Waals surface area contributed by atoms with Crippen molar-refractivity contribution >= 4 is 11.9 Å². The molecule has 19 heavy (non-hydrogen) atoms. The number of ether oxygens (including phenoxy) is 1. The molecule has 0 radical (unpaired) electrons. The van der Waals surface area contributed by atoms with Crippen molar-refractivity contribution in [2.75, 3.05) is 13.7 Å². The summed E-state index contributed by atoms with van der Waals surface area (Å²) in [5.41, 5.74) is 1.01. The maximum Gasteiger partial charge on any atom is 0.325 e. The fraction of sp³-hybridized carbons (Fsp3) is 0.615. The van der Waals surface area contributed by atoms with Gasteiger partial charge in [0.1, 0.15) is 6.54 Å². The van der Waals surface area contributed by atoms with Crippen molar-refractivity contribution in [1.82, 2.24) is 14.7 Å². The fourth-order valence-electron chi connectivity index (χ4n) is 1.76. The molecule has 0 N–H and O–H groups in total. The van der Waals surface area contributed by atoms with Gasteiger partial charge >= 0.3 is 5.97 Å². The van der Waals surface area contributed by atoms with E-state index in [-0.39, 0.29) is 18.5 Å². The lowest BCUT2D eigenvalue weighted by Gasteiger charge is -2.25. The largest absolute Gasteiger partial charge is 0.468 e. The summed E-state index contributed by atoms with van der Waals surface area (Å²) < 4.78 is 6.30. The number of rotatable bonds is 6. The van der Waals surface area contributed by atoms with Gasteiger partial charge in [-0.25, -0.2) is 0 Å². The van der Waals surface area contributed by atoms with Crippen LogP contribution in [0.2, 0.25) is 0 Å². The highest BCUT2D eigenvalue weighted by molar-refractivity contribution is 5.82. The molecule has 0 fully saturated rings. The molecule has 1 amide bonds. The molecule has 1 heterocycles. The number of esters is 1. The van der Waals surface area contributed by atoms with Gasteiger partial charge in [0.2, 0.25) is 5.91 Å². The van der Waals surface area contributed by atoms with Gasteiger partial charge in [0.05, 0.1) is 13.3 Å². The van der Waals surface area contributed by atoms with Crippen molar-refractivity contribution in [1.29, 1.82) is 0 Å². The van der Waals surface area contributed by atoms with Crippen LogP contribution >= 0.6 is 0 Å². The Labute approximate surface area is 113 Å². The quantitative estimate of drug-likeness (QED) is 0.714. The van der Waals surface area contributed by atoms with E-state index < -0.39 is 5.97 Å². The average molecular weight is 267 g/mol. The van der Waals surface area contributed by atoms with E-state index in [9.17, 15) is 9.59 Å². The topological polar surface area (TPSA) is 64.4 Å². The molecule has 1 aromatic heterocycles. The summed E-state index contributed by atoms with van der Waals surface area (Å²) >= 11 is 0. The van der Waals surface area contributed by atoms with Gasteiger partial charge in [0.15, 0.2) is 0 Å². The smallest absolute Gasteiger partial charge is 0.325 e. The van der Waals surface area contributed by atoms with Gasteiger partial charge < -0.3 is 9.64 Å². The van der Waals surface area contributed by atoms with Crippen LogP contribution in [-0.2, 0) is 27.8 Å². The van der Waals surface area contributed by atoms with Crippen molar-refractivity contribution in [2.24, 2.45) is 7.05 Å². The predicted octanol–water partition coefficient (Wildman–Crippen LogP) is 0.763. The van der Waals surface area contributed by atoms with E-state index in [0.717, 1.165) is 5.56 Å². The van der Waals surface area contributed by atoms with Crippen molar-refractivity contribution in [3.8, 4) is 0 Å². The van der Waals surface area contributed by atoms with E-state index in [1.54, 1.807) is 10.9 Å². The van der Waals surface area contributed by atoms with Gasteiger partial charge in [-0.15, -0.1) is 0 Å². The van der Waals surface area contributed by atoms with Crippen LogP contribution in [-0.4, -0.2) is 46.3 Å². The van der Waals surface area contributed by atoms with E-state index in [2.05, 4.69) is 9.84 Å². The second-order valence-corrected chi connectivity index (χ2v) is 4.71. The van der Waals surface area contributed by atoms with E-state index in [1.165, 1.54) is 12.0 Å². The molecule has 1 rings (SSSR count). The van der Waals surface area contributed by atoms with Crippen molar-refractivity contribution in [2.45, 2.75) is 32.7 Å². The fourth-order valence-corrected chi connectivity index (χ4v) is 1.76. The van der Waals surface area contributed by atoms with Crippen molar-refractivity contribution in [3.63, 3.8) is 0 Å². The molecule has 0 aromatic carbocycles. The number of nitrogens with zero attached hydrogens (tertiary/aromatic N) is 3. The first-order valence-corrected chi connectivity index (χ1v) is 6.27.